The van der Waals surface area contributed by atoms with Gasteiger partial charge in [-0.05, 0) is 93.1 Å². The normalized spacial score (nSPS) is 20.8. The van der Waals surface area contributed by atoms with Gasteiger partial charge in [-0.2, -0.15) is 0 Å². The molecule has 0 saturated carbocycles. The fourth-order valence-corrected chi connectivity index (χ4v) is 6.64. The molecule has 2 heterocycles. The highest BCUT2D eigenvalue weighted by Gasteiger charge is 2.38. The molecule has 238 valence electrons. The van der Waals surface area contributed by atoms with Crippen molar-refractivity contribution < 1.29 is 22.3 Å². The van der Waals surface area contributed by atoms with Crippen LogP contribution in [0.5, 0.6) is 5.75 Å². The van der Waals surface area contributed by atoms with Gasteiger partial charge in [0.25, 0.3) is 6.43 Å². The molecule has 0 bridgehead atoms. The van der Waals surface area contributed by atoms with Crippen molar-refractivity contribution in [2.45, 2.75) is 83.4 Å². The summed E-state index contributed by atoms with van der Waals surface area (Å²) in [6.07, 6.45) is 5.18. The number of nitrogens with one attached hydrogen (secondary N) is 1. The lowest BCUT2D eigenvalue weighted by molar-refractivity contribution is 0.0444. The fraction of sp³-hybridized carbons (Fsp3) is 0.500. The lowest BCUT2D eigenvalue weighted by Gasteiger charge is -2.42. The fourth-order valence-electron chi connectivity index (χ4n) is 6.64. The average molecular weight is 612 g/mol. The zero-order valence-corrected chi connectivity index (χ0v) is 25.7. The standard InChI is InChI=1S/C36H45F4N3O/c1-26-20-28-21-30(44-25-27-12-6-4-7-13-27)14-15-31(28)36(43(26)24-34(39)40)35-32(37)22-29(23-33(35)38)42-18-10-3-2-8-16-41-17-9-5-11-19-42/h4,6-7,12-15,21-23,26,34,36,41H,2-3,5,8-11,16-20,24-25H2,1H3/t26-,36?/m1/s1. The third-order valence-corrected chi connectivity index (χ3v) is 8.93. The van der Waals surface area contributed by atoms with Crippen molar-refractivity contribution in [1.29, 1.82) is 0 Å². The topological polar surface area (TPSA) is 27.7 Å². The van der Waals surface area contributed by atoms with Crippen LogP contribution in [0.2, 0.25) is 0 Å². The molecule has 4 nitrogen and oxygen atoms in total. The SMILES string of the molecule is C[C@@H]1Cc2cc(OCc3ccccc3)ccc2C(c2c(F)cc(N3CCCCCCNCCCCC3)cc2F)N1CC(F)F. The molecule has 0 aliphatic carbocycles. The molecule has 2 aliphatic heterocycles. The van der Waals surface area contributed by atoms with E-state index in [0.29, 0.717) is 30.0 Å². The number of fused-ring (bicyclic) bond motifs is 1. The Morgan fingerprint density at radius 3 is 2.18 bits per heavy atom. The maximum Gasteiger partial charge on any atom is 0.251 e. The predicted molar refractivity (Wildman–Crippen MR) is 169 cm³/mol. The number of hydrogen-bond acceptors (Lipinski definition) is 4. The summed E-state index contributed by atoms with van der Waals surface area (Å²) in [4.78, 5) is 3.64. The first-order valence-corrected chi connectivity index (χ1v) is 16.2. The van der Waals surface area contributed by atoms with Crippen LogP contribution in [0.1, 0.15) is 80.2 Å². The average Bonchev–Trinajstić information content (AvgIpc) is 3.03. The molecular formula is C36H45F4N3O. The van der Waals surface area contributed by atoms with E-state index in [9.17, 15) is 8.78 Å². The number of benzene rings is 3. The molecule has 0 radical (unpaired) electrons. The molecule has 2 aliphatic rings. The van der Waals surface area contributed by atoms with Gasteiger partial charge >= 0.3 is 0 Å². The van der Waals surface area contributed by atoms with Crippen LogP contribution in [0, 0.1) is 11.6 Å². The van der Waals surface area contributed by atoms with Gasteiger partial charge < -0.3 is 15.0 Å². The molecule has 1 saturated heterocycles. The van der Waals surface area contributed by atoms with Crippen LogP contribution in [0.15, 0.2) is 60.7 Å². The third kappa shape index (κ3) is 8.33. The van der Waals surface area contributed by atoms with Crippen LogP contribution in [-0.2, 0) is 13.0 Å². The minimum atomic E-state index is -2.64. The number of ether oxygens (including phenoxy) is 1. The van der Waals surface area contributed by atoms with Crippen molar-refractivity contribution in [2.24, 2.45) is 0 Å². The van der Waals surface area contributed by atoms with E-state index < -0.39 is 30.6 Å². The minimum Gasteiger partial charge on any atom is -0.489 e. The Bertz CT molecular complexity index is 1300. The maximum atomic E-state index is 16.2. The van der Waals surface area contributed by atoms with Gasteiger partial charge in [0.05, 0.1) is 12.6 Å². The zero-order chi connectivity index (χ0) is 30.9. The van der Waals surface area contributed by atoms with E-state index in [4.69, 9.17) is 4.74 Å². The van der Waals surface area contributed by atoms with E-state index in [-0.39, 0.29) is 11.6 Å². The molecule has 1 unspecified atom stereocenters. The number of hydrogen-bond donors (Lipinski definition) is 1. The third-order valence-electron chi connectivity index (χ3n) is 8.93. The van der Waals surface area contributed by atoms with Gasteiger partial charge in [-0.15, -0.1) is 0 Å². The van der Waals surface area contributed by atoms with Crippen molar-refractivity contribution >= 4 is 5.69 Å². The Kier molecular flexibility index (Phi) is 11.6. The molecule has 3 aromatic rings. The molecule has 1 fully saturated rings. The number of alkyl halides is 2. The molecule has 0 amide bonds. The number of halogens is 4. The van der Waals surface area contributed by atoms with Crippen molar-refractivity contribution in [1.82, 2.24) is 10.2 Å². The van der Waals surface area contributed by atoms with E-state index in [1.807, 2.05) is 43.3 Å². The number of anilines is 1. The first kappa shape index (κ1) is 32.3. The zero-order valence-electron chi connectivity index (χ0n) is 25.7. The summed E-state index contributed by atoms with van der Waals surface area (Å²) in [5.74, 6) is -0.749. The molecule has 44 heavy (non-hydrogen) atoms. The maximum absolute atomic E-state index is 16.2. The Morgan fingerprint density at radius 2 is 1.50 bits per heavy atom. The molecule has 0 aromatic heterocycles. The quantitative estimate of drug-likeness (QED) is 0.272. The minimum absolute atomic E-state index is 0.169. The number of rotatable bonds is 7. The van der Waals surface area contributed by atoms with Crippen molar-refractivity contribution in [3.63, 3.8) is 0 Å². The van der Waals surface area contributed by atoms with Gasteiger partial charge in [0.2, 0.25) is 0 Å². The summed E-state index contributed by atoms with van der Waals surface area (Å²) in [5, 5.41) is 3.49. The first-order valence-electron chi connectivity index (χ1n) is 16.2. The highest BCUT2D eigenvalue weighted by molar-refractivity contribution is 5.52. The molecule has 8 heteroatoms. The molecule has 3 aromatic carbocycles. The Balaban J connectivity index is 1.44. The van der Waals surface area contributed by atoms with E-state index in [1.165, 1.54) is 12.1 Å². The van der Waals surface area contributed by atoms with Gasteiger partial charge in [-0.1, -0.05) is 55.7 Å². The van der Waals surface area contributed by atoms with Crippen molar-refractivity contribution in [3.05, 3.63) is 94.6 Å². The van der Waals surface area contributed by atoms with E-state index >= 15 is 8.78 Å². The van der Waals surface area contributed by atoms with E-state index in [2.05, 4.69) is 10.2 Å². The van der Waals surface area contributed by atoms with Crippen LogP contribution in [0.3, 0.4) is 0 Å². The predicted octanol–water partition coefficient (Wildman–Crippen LogP) is 8.29. The molecule has 5 rings (SSSR count). The molecule has 0 spiro atoms. The first-order chi connectivity index (χ1) is 21.4. The van der Waals surface area contributed by atoms with Crippen LogP contribution in [0.4, 0.5) is 23.2 Å². The lowest BCUT2D eigenvalue weighted by Crippen LogP contribution is -2.45. The highest BCUT2D eigenvalue weighted by Crippen LogP contribution is 2.42. The van der Waals surface area contributed by atoms with Crippen LogP contribution >= 0.6 is 0 Å². The van der Waals surface area contributed by atoms with Gasteiger partial charge in [-0.3, -0.25) is 4.90 Å². The van der Waals surface area contributed by atoms with Crippen LogP contribution in [-0.4, -0.2) is 50.1 Å². The smallest absolute Gasteiger partial charge is 0.251 e. The van der Waals surface area contributed by atoms with E-state index in [1.54, 1.807) is 17.0 Å². The molecular weight excluding hydrogens is 566 g/mol. The summed E-state index contributed by atoms with van der Waals surface area (Å²) in [7, 11) is 0. The molecule has 1 N–H and O–H groups in total. The van der Waals surface area contributed by atoms with Crippen molar-refractivity contribution in [2.75, 3.05) is 37.6 Å². The Morgan fingerprint density at radius 1 is 0.841 bits per heavy atom. The second-order valence-corrected chi connectivity index (χ2v) is 12.2. The van der Waals surface area contributed by atoms with Gasteiger partial charge in [0, 0.05) is 30.4 Å². The Hall–Kier alpha value is -3.10. The second kappa shape index (κ2) is 15.8. The van der Waals surface area contributed by atoms with Crippen LogP contribution < -0.4 is 15.0 Å². The largest absolute Gasteiger partial charge is 0.489 e. The summed E-state index contributed by atoms with van der Waals surface area (Å²) in [5.41, 5.74) is 2.86. The van der Waals surface area contributed by atoms with Crippen molar-refractivity contribution in [3.8, 4) is 5.75 Å². The number of nitrogens with zero attached hydrogens (tertiary/aromatic N) is 2. The second-order valence-electron chi connectivity index (χ2n) is 12.2. The summed E-state index contributed by atoms with van der Waals surface area (Å²) >= 11 is 0. The summed E-state index contributed by atoms with van der Waals surface area (Å²) < 4.78 is 66.0. The van der Waals surface area contributed by atoms with Gasteiger partial charge in [0.15, 0.2) is 0 Å². The molecule has 2 atom stereocenters. The monoisotopic (exact) mass is 611 g/mol. The van der Waals surface area contributed by atoms with E-state index in [0.717, 1.165) is 82.3 Å². The van der Waals surface area contributed by atoms with Crippen LogP contribution in [0.25, 0.3) is 0 Å². The van der Waals surface area contributed by atoms with Gasteiger partial charge in [-0.25, -0.2) is 17.6 Å². The lowest BCUT2D eigenvalue weighted by atomic mass is 9.84. The summed E-state index contributed by atoms with van der Waals surface area (Å²) in [6.45, 7) is 5.15. The van der Waals surface area contributed by atoms with Gasteiger partial charge in [0.1, 0.15) is 24.0 Å². The summed E-state index contributed by atoms with van der Waals surface area (Å²) in [6, 6.07) is 16.7. The highest BCUT2D eigenvalue weighted by atomic mass is 19.3. The Labute approximate surface area is 259 Å².